The molecule has 1 atom stereocenters. The first-order valence-electron chi connectivity index (χ1n) is 7.55. The zero-order valence-electron chi connectivity index (χ0n) is 12.1. The minimum absolute atomic E-state index is 0.318. The molecule has 0 saturated carbocycles. The molecule has 110 valence electrons. The van der Waals surface area contributed by atoms with Crippen LogP contribution in [0.25, 0.3) is 21.5 Å². The fourth-order valence-electron chi connectivity index (χ4n) is 2.90. The Morgan fingerprint density at radius 1 is 0.955 bits per heavy atom. The van der Waals surface area contributed by atoms with Crippen LogP contribution in [0.1, 0.15) is 23.2 Å². The summed E-state index contributed by atoms with van der Waals surface area (Å²) in [6.07, 6.45) is 1.34. The monoisotopic (exact) mass is 292 g/mol. The number of carbonyl (C=O) groups excluding carboxylic acids is 1. The molecule has 1 heterocycles. The number of carbonyl (C=O) groups is 1. The Hall–Kier alpha value is -2.39. The van der Waals surface area contributed by atoms with Gasteiger partial charge in [-0.25, -0.2) is 4.79 Å². The van der Waals surface area contributed by atoms with E-state index in [2.05, 4.69) is 24.3 Å². The predicted molar refractivity (Wildman–Crippen MR) is 85.8 cm³/mol. The van der Waals surface area contributed by atoms with E-state index in [9.17, 15) is 4.79 Å². The third-order valence-corrected chi connectivity index (χ3v) is 4.07. The molecule has 1 aliphatic rings. The largest absolute Gasteiger partial charge is 0.432 e. The van der Waals surface area contributed by atoms with E-state index in [1.165, 1.54) is 10.8 Å². The van der Waals surface area contributed by atoms with Crippen molar-refractivity contribution in [1.82, 2.24) is 0 Å². The molecule has 3 aromatic carbocycles. The number of hydrogen-bond acceptors (Lipinski definition) is 3. The maximum absolute atomic E-state index is 12.2. The van der Waals surface area contributed by atoms with Crippen LogP contribution in [-0.2, 0) is 9.47 Å². The fourth-order valence-corrected chi connectivity index (χ4v) is 2.90. The summed E-state index contributed by atoms with van der Waals surface area (Å²) in [6, 6.07) is 18.1. The Labute approximate surface area is 128 Å². The van der Waals surface area contributed by atoms with Crippen molar-refractivity contribution in [3.05, 3.63) is 60.2 Å². The maximum atomic E-state index is 12.2. The van der Waals surface area contributed by atoms with Crippen LogP contribution in [0.2, 0.25) is 0 Å². The Morgan fingerprint density at radius 3 is 2.41 bits per heavy atom. The van der Waals surface area contributed by atoms with Gasteiger partial charge < -0.3 is 9.47 Å². The van der Waals surface area contributed by atoms with Crippen LogP contribution >= 0.6 is 0 Å². The highest BCUT2D eigenvalue weighted by molar-refractivity contribution is 6.01. The van der Waals surface area contributed by atoms with Gasteiger partial charge in [0.2, 0.25) is 6.29 Å². The third kappa shape index (κ3) is 2.44. The minimum atomic E-state index is -0.389. The number of ether oxygens (including phenoxy) is 2. The van der Waals surface area contributed by atoms with Crippen LogP contribution in [-0.4, -0.2) is 18.9 Å². The van der Waals surface area contributed by atoms with Gasteiger partial charge in [0.1, 0.15) is 0 Å². The van der Waals surface area contributed by atoms with Crippen molar-refractivity contribution in [2.75, 3.05) is 6.61 Å². The molecule has 22 heavy (non-hydrogen) atoms. The summed E-state index contributed by atoms with van der Waals surface area (Å²) in [6.45, 7) is 0.668. The van der Waals surface area contributed by atoms with Crippen molar-refractivity contribution in [3.63, 3.8) is 0 Å². The van der Waals surface area contributed by atoms with Gasteiger partial charge in [0, 0.05) is 6.42 Å². The summed E-state index contributed by atoms with van der Waals surface area (Å²) in [7, 11) is 0. The van der Waals surface area contributed by atoms with E-state index >= 15 is 0 Å². The van der Waals surface area contributed by atoms with Crippen molar-refractivity contribution in [2.24, 2.45) is 0 Å². The van der Waals surface area contributed by atoms with Gasteiger partial charge in [-0.3, -0.25) is 0 Å². The number of hydrogen-bond donors (Lipinski definition) is 0. The van der Waals surface area contributed by atoms with E-state index in [0.717, 1.165) is 23.6 Å². The predicted octanol–water partition coefficient (Wildman–Crippen LogP) is 4.29. The molecule has 3 aromatic rings. The summed E-state index contributed by atoms with van der Waals surface area (Å²) in [5.41, 5.74) is 0.568. The van der Waals surface area contributed by atoms with Gasteiger partial charge in [0.15, 0.2) is 0 Å². The Balaban J connectivity index is 1.69. The first kappa shape index (κ1) is 13.3. The summed E-state index contributed by atoms with van der Waals surface area (Å²) in [5.74, 6) is -0.318. The lowest BCUT2D eigenvalue weighted by molar-refractivity contribution is -0.0775. The highest BCUT2D eigenvalue weighted by Crippen LogP contribution is 2.24. The van der Waals surface area contributed by atoms with Gasteiger partial charge in [-0.2, -0.15) is 0 Å². The van der Waals surface area contributed by atoms with Crippen LogP contribution in [0.3, 0.4) is 0 Å². The lowest BCUT2D eigenvalue weighted by Crippen LogP contribution is -2.16. The lowest BCUT2D eigenvalue weighted by Gasteiger charge is -2.11. The van der Waals surface area contributed by atoms with Gasteiger partial charge in [-0.05, 0) is 52.2 Å². The molecule has 1 aliphatic heterocycles. The second-order valence-corrected chi connectivity index (χ2v) is 5.61. The average Bonchev–Trinajstić information content (AvgIpc) is 3.05. The van der Waals surface area contributed by atoms with E-state index < -0.39 is 0 Å². The highest BCUT2D eigenvalue weighted by atomic mass is 16.7. The minimum Gasteiger partial charge on any atom is -0.432 e. The molecule has 1 fully saturated rings. The zero-order chi connectivity index (χ0) is 14.9. The molecule has 0 N–H and O–H groups in total. The van der Waals surface area contributed by atoms with E-state index in [-0.39, 0.29) is 12.3 Å². The summed E-state index contributed by atoms with van der Waals surface area (Å²) in [5, 5.41) is 4.53. The summed E-state index contributed by atoms with van der Waals surface area (Å²) >= 11 is 0. The van der Waals surface area contributed by atoms with Gasteiger partial charge >= 0.3 is 5.97 Å². The highest BCUT2D eigenvalue weighted by Gasteiger charge is 2.20. The van der Waals surface area contributed by atoms with Crippen LogP contribution in [0, 0.1) is 0 Å². The Bertz CT molecular complexity index is 848. The van der Waals surface area contributed by atoms with Crippen molar-refractivity contribution in [3.8, 4) is 0 Å². The Kier molecular flexibility index (Phi) is 3.28. The van der Waals surface area contributed by atoms with Gasteiger partial charge in [-0.1, -0.05) is 30.3 Å². The fraction of sp³-hybridized carbons (Fsp3) is 0.211. The molecule has 0 aliphatic carbocycles. The molecule has 0 amide bonds. The molecule has 0 spiro atoms. The maximum Gasteiger partial charge on any atom is 0.340 e. The topological polar surface area (TPSA) is 35.5 Å². The SMILES string of the molecule is O=C(OC1CCCO1)c1ccc2cc3ccccc3cc2c1. The molecule has 3 nitrogen and oxygen atoms in total. The van der Waals surface area contributed by atoms with Crippen LogP contribution in [0.5, 0.6) is 0 Å². The van der Waals surface area contributed by atoms with E-state index in [1.54, 1.807) is 0 Å². The first-order valence-corrected chi connectivity index (χ1v) is 7.55. The zero-order valence-corrected chi connectivity index (χ0v) is 12.1. The molecule has 1 saturated heterocycles. The van der Waals surface area contributed by atoms with Gasteiger partial charge in [0.25, 0.3) is 0 Å². The lowest BCUT2D eigenvalue weighted by atomic mass is 10.0. The average molecular weight is 292 g/mol. The standard InChI is InChI=1S/C19H16O3/c20-19(22-18-6-3-9-21-18)16-8-7-15-10-13-4-1-2-5-14(13)11-17(15)12-16/h1-2,4-5,7-8,10-12,18H,3,6,9H2. The smallest absolute Gasteiger partial charge is 0.340 e. The van der Waals surface area contributed by atoms with Gasteiger partial charge in [-0.15, -0.1) is 0 Å². The van der Waals surface area contributed by atoms with Crippen LogP contribution in [0.4, 0.5) is 0 Å². The van der Waals surface area contributed by atoms with Crippen LogP contribution < -0.4 is 0 Å². The molecular weight excluding hydrogens is 276 g/mol. The Morgan fingerprint density at radius 2 is 1.68 bits per heavy atom. The number of fused-ring (bicyclic) bond motifs is 2. The molecule has 0 radical (unpaired) electrons. The quantitative estimate of drug-likeness (QED) is 0.522. The number of esters is 1. The molecule has 4 rings (SSSR count). The van der Waals surface area contributed by atoms with Crippen LogP contribution in [0.15, 0.2) is 54.6 Å². The van der Waals surface area contributed by atoms with Crippen molar-refractivity contribution in [2.45, 2.75) is 19.1 Å². The molecule has 3 heteroatoms. The molecule has 0 bridgehead atoms. The normalized spacial score (nSPS) is 17.9. The van der Waals surface area contributed by atoms with Crippen molar-refractivity contribution >= 4 is 27.5 Å². The first-order chi connectivity index (χ1) is 10.8. The molecule has 0 aromatic heterocycles. The van der Waals surface area contributed by atoms with Crippen molar-refractivity contribution in [1.29, 1.82) is 0 Å². The molecule has 1 unspecified atom stereocenters. The molecular formula is C19H16O3. The van der Waals surface area contributed by atoms with Crippen molar-refractivity contribution < 1.29 is 14.3 Å². The summed E-state index contributed by atoms with van der Waals surface area (Å²) in [4.78, 5) is 12.2. The van der Waals surface area contributed by atoms with E-state index in [0.29, 0.717) is 12.2 Å². The second kappa shape index (κ2) is 5.43. The summed E-state index contributed by atoms with van der Waals surface area (Å²) < 4.78 is 10.7. The second-order valence-electron chi connectivity index (χ2n) is 5.61. The third-order valence-electron chi connectivity index (χ3n) is 4.07. The number of rotatable bonds is 2. The van der Waals surface area contributed by atoms with E-state index in [1.807, 2.05) is 30.3 Å². The number of benzene rings is 3. The van der Waals surface area contributed by atoms with E-state index in [4.69, 9.17) is 9.47 Å². The van der Waals surface area contributed by atoms with Gasteiger partial charge in [0.05, 0.1) is 12.2 Å².